The quantitative estimate of drug-likeness (QED) is 0.160. The molecular weight excluding hydrogens is 504 g/mol. The Morgan fingerprint density at radius 1 is 1.05 bits per heavy atom. The Kier molecular flexibility index (Phi) is 10.6. The maximum atomic E-state index is 13.0. The zero-order valence-corrected chi connectivity index (χ0v) is 23.8. The van der Waals surface area contributed by atoms with E-state index >= 15 is 0 Å². The number of nitrogens with zero attached hydrogens (tertiary/aromatic N) is 2. The number of carbonyl (C=O) groups excluding carboxylic acids is 2. The molecule has 38 heavy (non-hydrogen) atoms. The highest BCUT2D eigenvalue weighted by Crippen LogP contribution is 2.23. The number of hydrogen-bond donors (Lipinski definition) is 4. The van der Waals surface area contributed by atoms with Crippen LogP contribution in [0.1, 0.15) is 80.9 Å². The Morgan fingerprint density at radius 3 is 2.32 bits per heavy atom. The number of guanidine groups is 1. The average molecular weight is 549 g/mol. The highest BCUT2D eigenvalue weighted by molar-refractivity contribution is 7.90. The Bertz CT molecular complexity index is 1110. The minimum Gasteiger partial charge on any atom is -0.369 e. The van der Waals surface area contributed by atoms with Crippen LogP contribution >= 0.6 is 0 Å². The molecule has 1 saturated carbocycles. The first kappa shape index (κ1) is 29.9. The third-order valence-corrected chi connectivity index (χ3v) is 9.08. The van der Waals surface area contributed by atoms with Gasteiger partial charge in [-0.05, 0) is 70.4 Å². The van der Waals surface area contributed by atoms with E-state index in [0.717, 1.165) is 37.7 Å². The molecule has 1 aliphatic carbocycles. The molecule has 0 unspecified atom stereocenters. The highest BCUT2D eigenvalue weighted by atomic mass is 32.2. The maximum absolute atomic E-state index is 13.0. The summed E-state index contributed by atoms with van der Waals surface area (Å²) in [5, 5.41) is 3.17. The molecule has 0 aromatic heterocycles. The van der Waals surface area contributed by atoms with Crippen molar-refractivity contribution in [1.29, 1.82) is 0 Å². The predicted octanol–water partition coefficient (Wildman–Crippen LogP) is 2.14. The summed E-state index contributed by atoms with van der Waals surface area (Å²) in [6.45, 7) is 6.14. The number of rotatable bonds is 9. The number of hydrogen-bond acceptors (Lipinski definition) is 6. The molecule has 1 aromatic carbocycles. The first-order valence-corrected chi connectivity index (χ1v) is 15.2. The SMILES string of the molecule is Cc1cc(C)c(S(=O)(=O)NC(N)=NCCC[C@H](N)C(=O)N2CCC[C@H]2C(=O)NC2CCCCCC2)c(C)c1. The maximum Gasteiger partial charge on any atom is 0.264 e. The zero-order chi connectivity index (χ0) is 27.9. The molecule has 0 spiro atoms. The van der Waals surface area contributed by atoms with Crippen LogP contribution in [0.2, 0.25) is 0 Å². The van der Waals surface area contributed by atoms with Crippen LogP contribution in [0.3, 0.4) is 0 Å². The first-order valence-electron chi connectivity index (χ1n) is 13.8. The number of aliphatic imine (C=N–C) groups is 1. The van der Waals surface area contributed by atoms with Crippen LogP contribution in [-0.2, 0) is 19.6 Å². The molecule has 1 saturated heterocycles. The third kappa shape index (κ3) is 7.92. The van der Waals surface area contributed by atoms with Crippen molar-refractivity contribution < 1.29 is 18.0 Å². The van der Waals surface area contributed by atoms with Gasteiger partial charge in [-0.3, -0.25) is 14.6 Å². The normalized spacial score (nSPS) is 20.2. The van der Waals surface area contributed by atoms with E-state index < -0.39 is 22.1 Å². The molecule has 3 rings (SSSR count). The lowest BCUT2D eigenvalue weighted by molar-refractivity contribution is -0.139. The van der Waals surface area contributed by atoms with Gasteiger partial charge in [-0.2, -0.15) is 0 Å². The van der Waals surface area contributed by atoms with Gasteiger partial charge in [0.2, 0.25) is 17.8 Å². The lowest BCUT2D eigenvalue weighted by Gasteiger charge is -2.28. The molecule has 2 aliphatic rings. The monoisotopic (exact) mass is 548 g/mol. The minimum absolute atomic E-state index is 0.0707. The van der Waals surface area contributed by atoms with Crippen molar-refractivity contribution in [3.8, 4) is 0 Å². The minimum atomic E-state index is -3.87. The second-order valence-corrected chi connectivity index (χ2v) is 12.4. The first-order chi connectivity index (χ1) is 18.0. The Balaban J connectivity index is 1.48. The van der Waals surface area contributed by atoms with Gasteiger partial charge in [0, 0.05) is 19.1 Å². The Labute approximate surface area is 227 Å². The van der Waals surface area contributed by atoms with Gasteiger partial charge in [0.05, 0.1) is 10.9 Å². The van der Waals surface area contributed by atoms with E-state index in [1.807, 2.05) is 6.92 Å². The van der Waals surface area contributed by atoms with Gasteiger partial charge in [-0.15, -0.1) is 0 Å². The van der Waals surface area contributed by atoms with Crippen LogP contribution in [0.25, 0.3) is 0 Å². The fourth-order valence-corrected chi connectivity index (χ4v) is 7.09. The highest BCUT2D eigenvalue weighted by Gasteiger charge is 2.36. The largest absolute Gasteiger partial charge is 0.369 e. The van der Waals surface area contributed by atoms with Crippen LogP contribution < -0.4 is 21.5 Å². The fourth-order valence-electron chi connectivity index (χ4n) is 5.68. The molecule has 0 radical (unpaired) electrons. The zero-order valence-electron chi connectivity index (χ0n) is 23.0. The predicted molar refractivity (Wildman–Crippen MR) is 149 cm³/mol. The van der Waals surface area contributed by atoms with Gasteiger partial charge in [0.25, 0.3) is 10.0 Å². The van der Waals surface area contributed by atoms with E-state index in [-0.39, 0.29) is 35.3 Å². The molecule has 2 fully saturated rings. The number of amides is 2. The Morgan fingerprint density at radius 2 is 1.68 bits per heavy atom. The van der Waals surface area contributed by atoms with E-state index in [0.29, 0.717) is 36.9 Å². The third-order valence-electron chi connectivity index (χ3n) is 7.42. The molecule has 1 aromatic rings. The molecule has 6 N–H and O–H groups in total. The molecule has 212 valence electrons. The van der Waals surface area contributed by atoms with Crippen LogP contribution in [0.15, 0.2) is 22.0 Å². The number of benzene rings is 1. The van der Waals surface area contributed by atoms with E-state index in [9.17, 15) is 18.0 Å². The van der Waals surface area contributed by atoms with Crippen LogP contribution in [0.5, 0.6) is 0 Å². The Hall–Kier alpha value is -2.66. The molecule has 1 heterocycles. The summed E-state index contributed by atoms with van der Waals surface area (Å²) in [6.07, 6.45) is 8.90. The molecular formula is C27H44N6O4S. The summed E-state index contributed by atoms with van der Waals surface area (Å²) < 4.78 is 28.0. The number of carbonyl (C=O) groups is 2. The van der Waals surface area contributed by atoms with E-state index in [1.54, 1.807) is 30.9 Å². The molecule has 10 nitrogen and oxygen atoms in total. The standard InChI is InChI=1S/C27H44N6O4S/c1-18-16-19(2)24(20(3)17-18)38(36,37)32-27(29)30-14-8-12-22(28)26(35)33-15-9-13-23(33)25(34)31-21-10-6-4-5-7-11-21/h16-17,21-23H,4-15,28H2,1-3H3,(H,31,34)(H3,29,30,32)/t22-,23-/m0/s1. The fraction of sp³-hybridized carbons (Fsp3) is 0.667. The second kappa shape index (κ2) is 13.4. The summed E-state index contributed by atoms with van der Waals surface area (Å²) >= 11 is 0. The molecule has 2 amide bonds. The lowest BCUT2D eigenvalue weighted by Crippen LogP contribution is -2.52. The van der Waals surface area contributed by atoms with Crippen LogP contribution in [-0.4, -0.2) is 62.3 Å². The van der Waals surface area contributed by atoms with Crippen molar-refractivity contribution in [3.05, 3.63) is 28.8 Å². The number of likely N-dealkylation sites (tertiary alicyclic amines) is 1. The summed E-state index contributed by atoms with van der Waals surface area (Å²) in [7, 11) is -3.87. The second-order valence-electron chi connectivity index (χ2n) is 10.7. The van der Waals surface area contributed by atoms with Gasteiger partial charge >= 0.3 is 0 Å². The van der Waals surface area contributed by atoms with Gasteiger partial charge in [0.15, 0.2) is 0 Å². The smallest absolute Gasteiger partial charge is 0.264 e. The molecule has 1 aliphatic heterocycles. The van der Waals surface area contributed by atoms with Crippen molar-refractivity contribution >= 4 is 27.8 Å². The summed E-state index contributed by atoms with van der Waals surface area (Å²) in [6, 6.07) is 2.58. The van der Waals surface area contributed by atoms with Gasteiger partial charge < -0.3 is 21.7 Å². The van der Waals surface area contributed by atoms with Crippen molar-refractivity contribution in [2.24, 2.45) is 16.5 Å². The summed E-state index contributed by atoms with van der Waals surface area (Å²) in [5.74, 6) is -0.510. The van der Waals surface area contributed by atoms with Crippen molar-refractivity contribution in [2.45, 2.75) is 108 Å². The van der Waals surface area contributed by atoms with E-state index in [2.05, 4.69) is 15.0 Å². The average Bonchev–Trinajstić information content (AvgIpc) is 3.18. The molecule has 11 heteroatoms. The van der Waals surface area contributed by atoms with Gasteiger partial charge in [0.1, 0.15) is 6.04 Å². The van der Waals surface area contributed by atoms with Crippen LogP contribution in [0, 0.1) is 20.8 Å². The number of nitrogens with one attached hydrogen (secondary N) is 2. The summed E-state index contributed by atoms with van der Waals surface area (Å²) in [5.41, 5.74) is 14.3. The van der Waals surface area contributed by atoms with E-state index in [4.69, 9.17) is 11.5 Å². The van der Waals surface area contributed by atoms with Crippen LogP contribution in [0.4, 0.5) is 0 Å². The van der Waals surface area contributed by atoms with Gasteiger partial charge in [-0.25, -0.2) is 13.1 Å². The lowest BCUT2D eigenvalue weighted by atomic mass is 10.1. The number of nitrogens with two attached hydrogens (primary N) is 2. The van der Waals surface area contributed by atoms with Crippen molar-refractivity contribution in [1.82, 2.24) is 14.9 Å². The van der Waals surface area contributed by atoms with E-state index in [1.165, 1.54) is 12.8 Å². The summed E-state index contributed by atoms with van der Waals surface area (Å²) in [4.78, 5) is 31.9. The molecule has 0 bridgehead atoms. The number of aryl methyl sites for hydroxylation is 3. The van der Waals surface area contributed by atoms with Crippen molar-refractivity contribution in [2.75, 3.05) is 13.1 Å². The number of sulfonamides is 1. The van der Waals surface area contributed by atoms with Gasteiger partial charge in [-0.1, -0.05) is 43.4 Å². The topological polar surface area (TPSA) is 160 Å². The van der Waals surface area contributed by atoms with Crippen molar-refractivity contribution in [3.63, 3.8) is 0 Å². The molecule has 2 atom stereocenters.